The van der Waals surface area contributed by atoms with Gasteiger partial charge in [0.1, 0.15) is 6.10 Å². The van der Waals surface area contributed by atoms with Crippen molar-refractivity contribution in [1.29, 1.82) is 0 Å². The zero-order valence-corrected chi connectivity index (χ0v) is 14.3. The molecule has 0 bridgehead atoms. The lowest BCUT2D eigenvalue weighted by Gasteiger charge is -2.17. The number of Topliss-reactive ketones (excluding diaryl/α,β-unsaturated/α-hetero) is 1. The molecular weight excluding hydrogens is 300 g/mol. The number of hydrogen-bond acceptors (Lipinski definition) is 4. The zero-order valence-electron chi connectivity index (χ0n) is 13.5. The fraction of sp³-hybridized carbons (Fsp3) is 0.588. The molecule has 0 spiro atoms. The van der Waals surface area contributed by atoms with E-state index in [1.807, 2.05) is 6.92 Å². The molecule has 0 aliphatic heterocycles. The third-order valence-corrected chi connectivity index (χ3v) is 5.13. The van der Waals surface area contributed by atoms with E-state index in [1.54, 1.807) is 30.3 Å². The van der Waals surface area contributed by atoms with Crippen molar-refractivity contribution >= 4 is 15.6 Å². The molecule has 124 valence electrons. The third-order valence-electron chi connectivity index (χ3n) is 3.40. The highest BCUT2D eigenvalue weighted by Gasteiger charge is 2.26. The molecule has 0 N–H and O–H groups in total. The van der Waals surface area contributed by atoms with Gasteiger partial charge in [-0.2, -0.15) is 0 Å². The molecule has 1 rings (SSSR count). The van der Waals surface area contributed by atoms with Gasteiger partial charge in [-0.1, -0.05) is 44.9 Å². The molecule has 0 amide bonds. The molecule has 4 nitrogen and oxygen atoms in total. The van der Waals surface area contributed by atoms with Gasteiger partial charge in [0.25, 0.3) is 0 Å². The Kier molecular flexibility index (Phi) is 8.35. The van der Waals surface area contributed by atoms with Crippen LogP contribution in [0.15, 0.2) is 35.2 Å². The van der Waals surface area contributed by atoms with E-state index in [4.69, 9.17) is 4.74 Å². The Bertz CT molecular complexity index is 537. The molecule has 0 saturated heterocycles. The number of ether oxygens (including phenoxy) is 1. The Balaban J connectivity index is 2.76. The van der Waals surface area contributed by atoms with E-state index >= 15 is 0 Å². The normalized spacial score (nSPS) is 13.0. The van der Waals surface area contributed by atoms with E-state index < -0.39 is 15.9 Å². The van der Waals surface area contributed by atoms with Crippen LogP contribution in [0.2, 0.25) is 0 Å². The van der Waals surface area contributed by atoms with Crippen LogP contribution in [0.4, 0.5) is 0 Å². The van der Waals surface area contributed by atoms with Crippen LogP contribution in [0.5, 0.6) is 0 Å². The summed E-state index contributed by atoms with van der Waals surface area (Å²) in [5, 5.41) is 0. The lowest BCUT2D eigenvalue weighted by molar-refractivity contribution is -0.129. The first kappa shape index (κ1) is 18.8. The van der Waals surface area contributed by atoms with Crippen molar-refractivity contribution in [3.63, 3.8) is 0 Å². The molecule has 22 heavy (non-hydrogen) atoms. The van der Waals surface area contributed by atoms with Gasteiger partial charge >= 0.3 is 0 Å². The summed E-state index contributed by atoms with van der Waals surface area (Å²) in [6.45, 7) is 4.41. The summed E-state index contributed by atoms with van der Waals surface area (Å²) in [6.07, 6.45) is 3.10. The van der Waals surface area contributed by atoms with Gasteiger partial charge < -0.3 is 4.74 Å². The van der Waals surface area contributed by atoms with Crippen molar-refractivity contribution in [2.45, 2.75) is 57.0 Å². The van der Waals surface area contributed by atoms with Crippen molar-refractivity contribution in [1.82, 2.24) is 0 Å². The average molecular weight is 326 g/mol. The lowest BCUT2D eigenvalue weighted by atomic mass is 10.1. The highest BCUT2D eigenvalue weighted by molar-refractivity contribution is 7.91. The second-order valence-corrected chi connectivity index (χ2v) is 7.41. The van der Waals surface area contributed by atoms with Gasteiger partial charge in [-0.25, -0.2) is 8.42 Å². The molecular formula is C17H26O4S. The molecule has 5 heteroatoms. The quantitative estimate of drug-likeness (QED) is 0.585. The Labute approximate surface area is 133 Å². The Morgan fingerprint density at radius 3 is 2.36 bits per heavy atom. The van der Waals surface area contributed by atoms with E-state index in [0.29, 0.717) is 19.4 Å². The summed E-state index contributed by atoms with van der Waals surface area (Å²) in [5.41, 5.74) is 0. The molecule has 1 aromatic rings. The average Bonchev–Trinajstić information content (AvgIpc) is 2.51. The summed E-state index contributed by atoms with van der Waals surface area (Å²) in [7, 11) is -3.51. The van der Waals surface area contributed by atoms with Crippen molar-refractivity contribution in [3.05, 3.63) is 30.3 Å². The van der Waals surface area contributed by atoms with Gasteiger partial charge in [0.2, 0.25) is 0 Å². The highest BCUT2D eigenvalue weighted by atomic mass is 32.2. The molecule has 0 fully saturated rings. The number of carbonyl (C=O) groups excluding carboxylic acids is 1. The van der Waals surface area contributed by atoms with Crippen LogP contribution in [0, 0.1) is 0 Å². The number of carbonyl (C=O) groups is 1. The maximum Gasteiger partial charge on any atom is 0.181 e. The van der Waals surface area contributed by atoms with Crippen LogP contribution >= 0.6 is 0 Å². The standard InChI is InChI=1S/C17H26O4S/c1-3-5-9-13-21-17(16(18)10-4-2)14-22(19,20)15-11-7-6-8-12-15/h6-8,11-12,17H,3-5,9-10,13-14H2,1-2H3. The molecule has 0 heterocycles. The minimum absolute atomic E-state index is 0.126. The minimum Gasteiger partial charge on any atom is -0.369 e. The van der Waals surface area contributed by atoms with Crippen LogP contribution < -0.4 is 0 Å². The maximum absolute atomic E-state index is 12.4. The summed E-state index contributed by atoms with van der Waals surface area (Å²) >= 11 is 0. The van der Waals surface area contributed by atoms with E-state index in [-0.39, 0.29) is 16.4 Å². The molecule has 1 atom stereocenters. The third kappa shape index (κ3) is 6.28. The highest BCUT2D eigenvalue weighted by Crippen LogP contribution is 2.14. The summed E-state index contributed by atoms with van der Waals surface area (Å²) in [6, 6.07) is 8.22. The van der Waals surface area contributed by atoms with Crippen molar-refractivity contribution in [2.75, 3.05) is 12.4 Å². The first-order chi connectivity index (χ1) is 10.5. The smallest absolute Gasteiger partial charge is 0.181 e. The van der Waals surface area contributed by atoms with Gasteiger partial charge in [-0.15, -0.1) is 0 Å². The van der Waals surface area contributed by atoms with Crippen LogP contribution in [0.25, 0.3) is 0 Å². The van der Waals surface area contributed by atoms with Crippen molar-refractivity contribution < 1.29 is 17.9 Å². The van der Waals surface area contributed by atoms with E-state index in [0.717, 1.165) is 19.3 Å². The number of unbranched alkanes of at least 4 members (excludes halogenated alkanes) is 2. The van der Waals surface area contributed by atoms with Crippen LogP contribution in [-0.4, -0.2) is 32.7 Å². The number of hydrogen-bond donors (Lipinski definition) is 0. The predicted molar refractivity (Wildman–Crippen MR) is 87.7 cm³/mol. The molecule has 1 aromatic carbocycles. The summed E-state index contributed by atoms with van der Waals surface area (Å²) in [5.74, 6) is -0.402. The lowest BCUT2D eigenvalue weighted by Crippen LogP contribution is -2.32. The molecule has 0 aliphatic carbocycles. The number of benzene rings is 1. The number of sulfone groups is 1. The van der Waals surface area contributed by atoms with E-state index in [2.05, 4.69) is 6.92 Å². The second-order valence-electron chi connectivity index (χ2n) is 5.38. The summed E-state index contributed by atoms with van der Waals surface area (Å²) in [4.78, 5) is 12.4. The molecule has 1 unspecified atom stereocenters. The van der Waals surface area contributed by atoms with Crippen molar-refractivity contribution in [3.8, 4) is 0 Å². The molecule has 0 aliphatic rings. The monoisotopic (exact) mass is 326 g/mol. The van der Waals surface area contributed by atoms with Crippen LogP contribution in [0.3, 0.4) is 0 Å². The first-order valence-corrected chi connectivity index (χ1v) is 9.58. The Morgan fingerprint density at radius 2 is 1.77 bits per heavy atom. The van der Waals surface area contributed by atoms with Gasteiger partial charge in [0.05, 0.1) is 10.6 Å². The fourth-order valence-corrected chi connectivity index (χ4v) is 3.59. The van der Waals surface area contributed by atoms with Crippen molar-refractivity contribution in [2.24, 2.45) is 0 Å². The van der Waals surface area contributed by atoms with Crippen LogP contribution in [-0.2, 0) is 19.4 Å². The van der Waals surface area contributed by atoms with E-state index in [1.165, 1.54) is 0 Å². The molecule has 0 aromatic heterocycles. The van der Waals surface area contributed by atoms with Gasteiger partial charge in [0.15, 0.2) is 15.6 Å². The topological polar surface area (TPSA) is 60.4 Å². The van der Waals surface area contributed by atoms with Gasteiger partial charge in [0, 0.05) is 13.0 Å². The first-order valence-electron chi connectivity index (χ1n) is 7.93. The SMILES string of the molecule is CCCCCOC(CS(=O)(=O)c1ccccc1)C(=O)CCC. The second kappa shape index (κ2) is 9.74. The molecule has 0 saturated carbocycles. The largest absolute Gasteiger partial charge is 0.369 e. The Hall–Kier alpha value is -1.20. The maximum atomic E-state index is 12.4. The number of ketones is 1. The molecule has 0 radical (unpaired) electrons. The minimum atomic E-state index is -3.51. The number of rotatable bonds is 11. The van der Waals surface area contributed by atoms with E-state index in [9.17, 15) is 13.2 Å². The van der Waals surface area contributed by atoms with Crippen LogP contribution in [0.1, 0.15) is 46.0 Å². The zero-order chi connectivity index (χ0) is 16.4. The summed E-state index contributed by atoms with van der Waals surface area (Å²) < 4.78 is 30.4. The Morgan fingerprint density at radius 1 is 1.09 bits per heavy atom. The fourth-order valence-electron chi connectivity index (χ4n) is 2.14. The van der Waals surface area contributed by atoms with Gasteiger partial charge in [-0.05, 0) is 25.0 Å². The van der Waals surface area contributed by atoms with Gasteiger partial charge in [-0.3, -0.25) is 4.79 Å². The predicted octanol–water partition coefficient (Wildman–Crippen LogP) is 3.40.